The van der Waals surface area contributed by atoms with Crippen LogP contribution in [0.4, 0.5) is 11.4 Å². The second-order valence-electron chi connectivity index (χ2n) is 5.78. The van der Waals surface area contributed by atoms with Gasteiger partial charge in [0.15, 0.2) is 5.75 Å². The molecule has 0 spiro atoms. The topological polar surface area (TPSA) is 139 Å². The number of aryl methyl sites for hydroxylation is 1. The minimum atomic E-state index is -4.55. The Morgan fingerprint density at radius 2 is 1.75 bits per heavy atom. The molecule has 138 valence electrons. The van der Waals surface area contributed by atoms with Crippen molar-refractivity contribution in [3.63, 3.8) is 0 Å². The van der Waals surface area contributed by atoms with Crippen LogP contribution in [0.3, 0.4) is 0 Å². The Morgan fingerprint density at radius 3 is 2.39 bits per heavy atom. The largest absolute Gasteiger partial charge is 1.00 e. The molecule has 3 aromatic rings. The van der Waals surface area contributed by atoms with Gasteiger partial charge in [-0.2, -0.15) is 8.42 Å². The molecule has 0 atom stereocenters. The van der Waals surface area contributed by atoms with E-state index in [9.17, 15) is 28.0 Å². The van der Waals surface area contributed by atoms with Crippen LogP contribution in [-0.4, -0.2) is 24.0 Å². The van der Waals surface area contributed by atoms with E-state index >= 15 is 0 Å². The number of hydrogen-bond acceptors (Lipinski definition) is 7. The molecule has 0 bridgehead atoms. The molecule has 3 aromatic carbocycles. The number of carbonyl (C=O) groups is 1. The molecular formula is C18H13N2NaO6S. The van der Waals surface area contributed by atoms with Crippen molar-refractivity contribution in [2.75, 3.05) is 0 Å². The van der Waals surface area contributed by atoms with Gasteiger partial charge >= 0.3 is 29.6 Å². The monoisotopic (exact) mass is 408 g/mol. The number of hydrogen-bond donors (Lipinski definition) is 2. The first-order valence-corrected chi connectivity index (χ1v) is 9.08. The molecule has 0 aliphatic rings. The number of aromatic hydroxyl groups is 1. The predicted molar refractivity (Wildman–Crippen MR) is 95.1 cm³/mol. The smallest absolute Gasteiger partial charge is 0.545 e. The number of phenols is 1. The molecule has 0 saturated carbocycles. The first-order valence-electron chi connectivity index (χ1n) is 7.64. The Kier molecular flexibility index (Phi) is 6.58. The minimum Gasteiger partial charge on any atom is -0.545 e. The maximum atomic E-state index is 11.6. The number of azo groups is 1. The molecule has 28 heavy (non-hydrogen) atoms. The van der Waals surface area contributed by atoms with Crippen LogP contribution in [0.25, 0.3) is 10.8 Å². The van der Waals surface area contributed by atoms with Gasteiger partial charge in [0.1, 0.15) is 16.3 Å². The van der Waals surface area contributed by atoms with Gasteiger partial charge in [0.2, 0.25) is 0 Å². The Balaban J connectivity index is 0.00000280. The van der Waals surface area contributed by atoms with Crippen molar-refractivity contribution in [1.29, 1.82) is 0 Å². The van der Waals surface area contributed by atoms with Crippen LogP contribution in [0.2, 0.25) is 0 Å². The molecule has 0 aromatic heterocycles. The summed E-state index contributed by atoms with van der Waals surface area (Å²) in [5.74, 6) is -2.25. The minimum absolute atomic E-state index is 0. The fourth-order valence-corrected chi connectivity index (χ4v) is 3.30. The number of aromatic carboxylic acids is 1. The molecule has 0 radical (unpaired) electrons. The standard InChI is InChI=1S/C18H14N2O6S.Na/c1-10-6-7-14(15(8-10)27(24,25)26)19-20-16-12-5-3-2-4-11(12)9-13(17(16)21)18(22)23;/h2-9,21H,1H3,(H,22,23)(H,24,25,26);/q;+1/p-1/b20-19+;. The van der Waals surface area contributed by atoms with Crippen LogP contribution in [-0.2, 0) is 10.1 Å². The van der Waals surface area contributed by atoms with Crippen LogP contribution in [0.5, 0.6) is 5.75 Å². The zero-order valence-electron chi connectivity index (χ0n) is 14.9. The maximum absolute atomic E-state index is 11.6. The van der Waals surface area contributed by atoms with Gasteiger partial charge in [-0.25, -0.2) is 0 Å². The second-order valence-corrected chi connectivity index (χ2v) is 7.17. The van der Waals surface area contributed by atoms with E-state index in [0.717, 1.165) is 0 Å². The first kappa shape index (κ1) is 22.0. The predicted octanol–water partition coefficient (Wildman–Crippen LogP) is -0.117. The number of carboxylic acids is 1. The van der Waals surface area contributed by atoms with Crippen molar-refractivity contribution in [1.82, 2.24) is 0 Å². The van der Waals surface area contributed by atoms with Crippen molar-refractivity contribution in [3.05, 3.63) is 59.7 Å². The van der Waals surface area contributed by atoms with Crippen molar-refractivity contribution >= 4 is 38.2 Å². The van der Waals surface area contributed by atoms with E-state index in [1.807, 2.05) is 0 Å². The number of fused-ring (bicyclic) bond motifs is 1. The van der Waals surface area contributed by atoms with Crippen LogP contribution < -0.4 is 34.7 Å². The van der Waals surface area contributed by atoms with Gasteiger partial charge in [0.05, 0.1) is 5.97 Å². The third-order valence-corrected chi connectivity index (χ3v) is 4.75. The van der Waals surface area contributed by atoms with E-state index in [2.05, 4.69) is 10.2 Å². The molecule has 0 unspecified atom stereocenters. The van der Waals surface area contributed by atoms with Crippen LogP contribution in [0.1, 0.15) is 15.9 Å². The van der Waals surface area contributed by atoms with Gasteiger partial charge in [0.25, 0.3) is 10.1 Å². The zero-order chi connectivity index (χ0) is 19.8. The number of rotatable bonds is 4. The van der Waals surface area contributed by atoms with E-state index in [1.54, 1.807) is 37.3 Å². The van der Waals surface area contributed by atoms with Gasteiger partial charge in [0, 0.05) is 10.9 Å². The Hall–Kier alpha value is -2.30. The summed E-state index contributed by atoms with van der Waals surface area (Å²) >= 11 is 0. The molecule has 0 fully saturated rings. The summed E-state index contributed by atoms with van der Waals surface area (Å²) in [5.41, 5.74) is -0.213. The summed E-state index contributed by atoms with van der Waals surface area (Å²) in [7, 11) is -4.55. The average molecular weight is 408 g/mol. The number of carbonyl (C=O) groups excluding carboxylic acids is 1. The Bertz CT molecular complexity index is 1210. The van der Waals surface area contributed by atoms with Crippen LogP contribution in [0.15, 0.2) is 63.7 Å². The fraction of sp³-hybridized carbons (Fsp3) is 0.0556. The summed E-state index contributed by atoms with van der Waals surface area (Å²) in [5, 5.41) is 30.1. The van der Waals surface area contributed by atoms with E-state index in [-0.39, 0.29) is 40.9 Å². The van der Waals surface area contributed by atoms with Gasteiger partial charge in [-0.15, -0.1) is 10.2 Å². The first-order chi connectivity index (χ1) is 12.7. The fourth-order valence-electron chi connectivity index (χ4n) is 2.59. The summed E-state index contributed by atoms with van der Waals surface area (Å²) in [6, 6.07) is 11.9. The van der Waals surface area contributed by atoms with Crippen LogP contribution >= 0.6 is 0 Å². The maximum Gasteiger partial charge on any atom is 1.00 e. The molecule has 0 saturated heterocycles. The SMILES string of the molecule is Cc1ccc(/N=N/c2c(O)c(C(=O)[O-])cc3ccccc23)c(S(=O)(=O)O)c1.[Na+]. The normalized spacial score (nSPS) is 11.5. The van der Waals surface area contributed by atoms with Crippen LogP contribution in [0, 0.1) is 6.92 Å². The summed E-state index contributed by atoms with van der Waals surface area (Å²) < 4.78 is 32.5. The van der Waals surface area contributed by atoms with Crippen molar-refractivity contribution < 1.29 is 57.5 Å². The molecule has 0 heterocycles. The molecule has 0 aliphatic carbocycles. The third-order valence-electron chi connectivity index (χ3n) is 3.87. The van der Waals surface area contributed by atoms with E-state index in [4.69, 9.17) is 0 Å². The summed E-state index contributed by atoms with van der Waals surface area (Å²) in [4.78, 5) is 10.8. The van der Waals surface area contributed by atoms with E-state index in [1.165, 1.54) is 18.2 Å². The molecule has 0 amide bonds. The van der Waals surface area contributed by atoms with E-state index < -0.39 is 32.3 Å². The quantitative estimate of drug-likeness (QED) is 0.351. The Labute approximate surface area is 182 Å². The number of carboxylic acid groups (broad SMARTS) is 1. The third kappa shape index (κ3) is 4.40. The summed E-state index contributed by atoms with van der Waals surface area (Å²) in [6.45, 7) is 1.64. The molecule has 8 nitrogen and oxygen atoms in total. The summed E-state index contributed by atoms with van der Waals surface area (Å²) in [6.07, 6.45) is 0. The second kappa shape index (κ2) is 8.38. The number of nitrogens with zero attached hydrogens (tertiary/aromatic N) is 2. The van der Waals surface area contributed by atoms with Crippen molar-refractivity contribution in [2.24, 2.45) is 10.2 Å². The van der Waals surface area contributed by atoms with E-state index in [0.29, 0.717) is 16.3 Å². The molecular weight excluding hydrogens is 395 g/mol. The molecule has 3 rings (SSSR count). The Morgan fingerprint density at radius 1 is 1.07 bits per heavy atom. The van der Waals surface area contributed by atoms with Gasteiger partial charge in [-0.1, -0.05) is 30.3 Å². The van der Waals surface area contributed by atoms with Gasteiger partial charge in [-0.05, 0) is 36.1 Å². The zero-order valence-corrected chi connectivity index (χ0v) is 17.8. The van der Waals surface area contributed by atoms with Gasteiger partial charge < -0.3 is 15.0 Å². The van der Waals surface area contributed by atoms with Gasteiger partial charge in [-0.3, -0.25) is 4.55 Å². The van der Waals surface area contributed by atoms with Crippen molar-refractivity contribution in [3.8, 4) is 5.75 Å². The molecule has 10 heteroatoms. The molecule has 2 N–H and O–H groups in total. The van der Waals surface area contributed by atoms with Crippen molar-refractivity contribution in [2.45, 2.75) is 11.8 Å². The number of benzene rings is 3. The average Bonchev–Trinajstić information content (AvgIpc) is 2.60. The molecule has 0 aliphatic heterocycles.